The molecule has 0 bridgehead atoms. The van der Waals surface area contributed by atoms with Gasteiger partial charge in [0.15, 0.2) is 0 Å². The molecule has 2 nitrogen and oxygen atoms in total. The van der Waals surface area contributed by atoms with Gasteiger partial charge in [-0.05, 0) is 54.4 Å². The zero-order valence-corrected chi connectivity index (χ0v) is 13.3. The van der Waals surface area contributed by atoms with Crippen LogP contribution in [-0.4, -0.2) is 13.7 Å². The van der Waals surface area contributed by atoms with Crippen LogP contribution in [0.3, 0.4) is 0 Å². The lowest BCUT2D eigenvalue weighted by atomic mass is 9.93. The van der Waals surface area contributed by atoms with Crippen LogP contribution in [0.1, 0.15) is 28.3 Å². The Morgan fingerprint density at radius 3 is 2.85 bits per heavy atom. The predicted molar refractivity (Wildman–Crippen MR) is 85.4 cm³/mol. The standard InChI is InChI=1S/C17H18BrNO/c1-11-3-5-14(18)10-15(11)17(19-2)13-4-6-16-12(9-13)7-8-20-16/h3-6,9-10,17,19H,7-8H2,1-2H3. The van der Waals surface area contributed by atoms with Gasteiger partial charge in [-0.1, -0.05) is 34.1 Å². The molecule has 1 heterocycles. The van der Waals surface area contributed by atoms with Gasteiger partial charge >= 0.3 is 0 Å². The molecular formula is C17H18BrNO. The number of nitrogens with one attached hydrogen (secondary N) is 1. The van der Waals surface area contributed by atoms with Crippen LogP contribution >= 0.6 is 15.9 Å². The van der Waals surface area contributed by atoms with E-state index in [-0.39, 0.29) is 6.04 Å². The van der Waals surface area contributed by atoms with E-state index in [1.165, 1.54) is 22.3 Å². The molecule has 1 aliphatic rings. The minimum atomic E-state index is 0.207. The van der Waals surface area contributed by atoms with E-state index < -0.39 is 0 Å². The topological polar surface area (TPSA) is 21.3 Å². The molecule has 0 radical (unpaired) electrons. The molecule has 20 heavy (non-hydrogen) atoms. The van der Waals surface area contributed by atoms with Crippen molar-refractivity contribution in [1.29, 1.82) is 0 Å². The van der Waals surface area contributed by atoms with E-state index >= 15 is 0 Å². The first kappa shape index (κ1) is 13.7. The van der Waals surface area contributed by atoms with Gasteiger partial charge in [-0.25, -0.2) is 0 Å². The summed E-state index contributed by atoms with van der Waals surface area (Å²) < 4.78 is 6.70. The van der Waals surface area contributed by atoms with Crippen molar-refractivity contribution in [2.75, 3.05) is 13.7 Å². The lowest BCUT2D eigenvalue weighted by Crippen LogP contribution is -2.18. The number of hydrogen-bond acceptors (Lipinski definition) is 2. The Morgan fingerprint density at radius 2 is 2.05 bits per heavy atom. The van der Waals surface area contributed by atoms with E-state index in [0.29, 0.717) is 0 Å². The summed E-state index contributed by atoms with van der Waals surface area (Å²) in [4.78, 5) is 0. The minimum Gasteiger partial charge on any atom is -0.493 e. The Morgan fingerprint density at radius 1 is 1.20 bits per heavy atom. The van der Waals surface area contributed by atoms with E-state index in [1.807, 2.05) is 7.05 Å². The van der Waals surface area contributed by atoms with Crippen LogP contribution in [0.25, 0.3) is 0 Å². The maximum Gasteiger partial charge on any atom is 0.122 e. The van der Waals surface area contributed by atoms with E-state index in [9.17, 15) is 0 Å². The zero-order chi connectivity index (χ0) is 14.1. The number of benzene rings is 2. The van der Waals surface area contributed by atoms with Crippen LogP contribution < -0.4 is 10.1 Å². The highest BCUT2D eigenvalue weighted by atomic mass is 79.9. The van der Waals surface area contributed by atoms with E-state index in [4.69, 9.17) is 4.74 Å². The summed E-state index contributed by atoms with van der Waals surface area (Å²) in [6, 6.07) is 13.2. The molecule has 0 spiro atoms. The smallest absolute Gasteiger partial charge is 0.122 e. The van der Waals surface area contributed by atoms with Crippen molar-refractivity contribution >= 4 is 15.9 Å². The fourth-order valence-electron chi connectivity index (χ4n) is 2.81. The lowest BCUT2D eigenvalue weighted by molar-refractivity contribution is 0.357. The number of ether oxygens (including phenoxy) is 1. The summed E-state index contributed by atoms with van der Waals surface area (Å²) in [5.74, 6) is 1.04. The van der Waals surface area contributed by atoms with Gasteiger partial charge in [0.25, 0.3) is 0 Å². The average Bonchev–Trinajstić information content (AvgIpc) is 2.91. The molecule has 0 fully saturated rings. The Labute approximate surface area is 128 Å². The molecule has 0 saturated carbocycles. The summed E-state index contributed by atoms with van der Waals surface area (Å²) in [5, 5.41) is 3.43. The van der Waals surface area contributed by atoms with Gasteiger partial charge in [0.1, 0.15) is 5.75 Å². The van der Waals surface area contributed by atoms with Gasteiger partial charge in [0, 0.05) is 10.9 Å². The summed E-state index contributed by atoms with van der Waals surface area (Å²) in [6.07, 6.45) is 1.01. The summed E-state index contributed by atoms with van der Waals surface area (Å²) >= 11 is 3.57. The molecule has 3 rings (SSSR count). The molecule has 104 valence electrons. The molecule has 0 amide bonds. The Kier molecular flexibility index (Phi) is 3.81. The van der Waals surface area contributed by atoms with Crippen LogP contribution in [0.15, 0.2) is 40.9 Å². The normalized spacial score (nSPS) is 14.8. The van der Waals surface area contributed by atoms with Crippen LogP contribution in [-0.2, 0) is 6.42 Å². The van der Waals surface area contributed by atoms with Crippen molar-refractivity contribution in [3.05, 3.63) is 63.1 Å². The monoisotopic (exact) mass is 331 g/mol. The van der Waals surface area contributed by atoms with E-state index in [1.54, 1.807) is 0 Å². The van der Waals surface area contributed by atoms with E-state index in [2.05, 4.69) is 64.6 Å². The summed E-state index contributed by atoms with van der Waals surface area (Å²) in [7, 11) is 2.01. The highest BCUT2D eigenvalue weighted by Gasteiger charge is 2.18. The van der Waals surface area contributed by atoms with Gasteiger partial charge < -0.3 is 10.1 Å². The molecule has 1 atom stereocenters. The highest BCUT2D eigenvalue weighted by Crippen LogP contribution is 2.32. The second-order valence-electron chi connectivity index (χ2n) is 5.19. The van der Waals surface area contributed by atoms with Crippen LogP contribution in [0.4, 0.5) is 0 Å². The number of halogens is 1. The lowest BCUT2D eigenvalue weighted by Gasteiger charge is -2.20. The largest absolute Gasteiger partial charge is 0.493 e. The van der Waals surface area contributed by atoms with Crippen molar-refractivity contribution in [3.8, 4) is 5.75 Å². The SMILES string of the molecule is CNC(c1ccc2c(c1)CCO2)c1cc(Br)ccc1C. The first-order valence-electron chi connectivity index (χ1n) is 6.88. The third-order valence-corrected chi connectivity index (χ3v) is 4.38. The van der Waals surface area contributed by atoms with Crippen molar-refractivity contribution in [3.63, 3.8) is 0 Å². The highest BCUT2D eigenvalue weighted by molar-refractivity contribution is 9.10. The van der Waals surface area contributed by atoms with Crippen molar-refractivity contribution in [1.82, 2.24) is 5.32 Å². The molecule has 0 aromatic heterocycles. The third-order valence-electron chi connectivity index (χ3n) is 3.89. The number of fused-ring (bicyclic) bond motifs is 1. The number of rotatable bonds is 3. The molecule has 3 heteroatoms. The van der Waals surface area contributed by atoms with Crippen molar-refractivity contribution in [2.45, 2.75) is 19.4 Å². The van der Waals surface area contributed by atoms with Gasteiger partial charge in [-0.2, -0.15) is 0 Å². The molecule has 1 aliphatic heterocycles. The quantitative estimate of drug-likeness (QED) is 0.917. The molecule has 1 N–H and O–H groups in total. The third kappa shape index (κ3) is 2.48. The molecular weight excluding hydrogens is 314 g/mol. The minimum absolute atomic E-state index is 0.207. The predicted octanol–water partition coefficient (Wildman–Crippen LogP) is 4.00. The van der Waals surface area contributed by atoms with Crippen molar-refractivity contribution < 1.29 is 4.74 Å². The van der Waals surface area contributed by atoms with Gasteiger partial charge in [0.2, 0.25) is 0 Å². The Balaban J connectivity index is 2.03. The Bertz CT molecular complexity index is 639. The summed E-state index contributed by atoms with van der Waals surface area (Å²) in [6.45, 7) is 2.96. The second-order valence-corrected chi connectivity index (χ2v) is 6.10. The average molecular weight is 332 g/mol. The first-order chi connectivity index (χ1) is 9.69. The number of hydrogen-bond donors (Lipinski definition) is 1. The fraction of sp³-hybridized carbons (Fsp3) is 0.294. The van der Waals surface area contributed by atoms with Crippen LogP contribution in [0, 0.1) is 6.92 Å². The van der Waals surface area contributed by atoms with Crippen LogP contribution in [0.5, 0.6) is 5.75 Å². The molecule has 2 aromatic rings. The number of aryl methyl sites for hydroxylation is 1. The maximum absolute atomic E-state index is 5.59. The summed E-state index contributed by atoms with van der Waals surface area (Å²) in [5.41, 5.74) is 5.21. The molecule has 0 saturated heterocycles. The van der Waals surface area contributed by atoms with Gasteiger partial charge in [-0.3, -0.25) is 0 Å². The maximum atomic E-state index is 5.59. The van der Waals surface area contributed by atoms with Gasteiger partial charge in [0.05, 0.1) is 12.6 Å². The first-order valence-corrected chi connectivity index (χ1v) is 7.67. The molecule has 0 aliphatic carbocycles. The van der Waals surface area contributed by atoms with Gasteiger partial charge in [-0.15, -0.1) is 0 Å². The van der Waals surface area contributed by atoms with Crippen molar-refractivity contribution in [2.24, 2.45) is 0 Å². The fourth-order valence-corrected chi connectivity index (χ4v) is 3.19. The second kappa shape index (κ2) is 5.58. The molecule has 2 aromatic carbocycles. The molecule has 1 unspecified atom stereocenters. The zero-order valence-electron chi connectivity index (χ0n) is 11.7. The Hall–Kier alpha value is -1.32. The van der Waals surface area contributed by atoms with Crippen LogP contribution in [0.2, 0.25) is 0 Å². The van der Waals surface area contributed by atoms with E-state index in [0.717, 1.165) is 23.2 Å².